The molecule has 2 heterocycles. The van der Waals surface area contributed by atoms with Gasteiger partial charge in [-0.3, -0.25) is 14.4 Å². The molecule has 14 heteroatoms. The Balaban J connectivity index is 1.47. The van der Waals surface area contributed by atoms with Gasteiger partial charge in [-0.15, -0.1) is 11.3 Å². The molecule has 1 N–H and O–H groups in total. The third kappa shape index (κ3) is 7.13. The predicted molar refractivity (Wildman–Crippen MR) is 147 cm³/mol. The second-order valence-electron chi connectivity index (χ2n) is 7.88. The molecule has 4 rings (SSSR count). The lowest BCUT2D eigenvalue weighted by Crippen LogP contribution is -2.28. The van der Waals surface area contributed by atoms with Crippen molar-refractivity contribution >= 4 is 77.2 Å². The average Bonchev–Trinajstić information content (AvgIpc) is 3.43. The number of nitrogens with one attached hydrogen (secondary N) is 1. The van der Waals surface area contributed by atoms with Crippen molar-refractivity contribution in [3.05, 3.63) is 63.7 Å². The van der Waals surface area contributed by atoms with Crippen LogP contribution in [0.4, 0.5) is 5.13 Å². The van der Waals surface area contributed by atoms with Crippen LogP contribution < -0.4 is 10.1 Å². The van der Waals surface area contributed by atoms with Gasteiger partial charge in [0.2, 0.25) is 5.91 Å². The summed E-state index contributed by atoms with van der Waals surface area (Å²) in [5.74, 6) is -4.24. The molecule has 0 unspecified atom stereocenters. The van der Waals surface area contributed by atoms with Gasteiger partial charge in [0.1, 0.15) is 18.1 Å². The van der Waals surface area contributed by atoms with Gasteiger partial charge in [-0.1, -0.05) is 53.3 Å². The maximum atomic E-state index is 12.6. The summed E-state index contributed by atoms with van der Waals surface area (Å²) in [6.45, 7) is 1.61. The molecule has 0 fully saturated rings. The number of thiazole rings is 2. The minimum Gasteiger partial charge on any atom is -0.465 e. The Labute approximate surface area is 230 Å². The normalized spacial score (nSPS) is 12.0. The van der Waals surface area contributed by atoms with Crippen molar-refractivity contribution in [2.75, 3.05) is 23.4 Å². The van der Waals surface area contributed by atoms with E-state index < -0.39 is 39.1 Å². The van der Waals surface area contributed by atoms with Gasteiger partial charge in [0.05, 0.1) is 22.5 Å². The molecule has 198 valence electrons. The average molecular weight is 593 g/mol. The van der Waals surface area contributed by atoms with Crippen LogP contribution in [0.15, 0.2) is 58.9 Å². The van der Waals surface area contributed by atoms with E-state index in [0.29, 0.717) is 20.9 Å². The monoisotopic (exact) mass is 592 g/mol. The van der Waals surface area contributed by atoms with Crippen LogP contribution in [0.3, 0.4) is 0 Å². The first-order chi connectivity index (χ1) is 18.1. The van der Waals surface area contributed by atoms with E-state index in [1.807, 2.05) is 30.3 Å². The molecule has 0 atom stereocenters. The number of amides is 2. The van der Waals surface area contributed by atoms with E-state index in [1.54, 1.807) is 30.5 Å². The maximum absolute atomic E-state index is 12.6. The van der Waals surface area contributed by atoms with Crippen molar-refractivity contribution in [2.45, 2.75) is 13.5 Å². The number of hydrogen-bond donors (Lipinski definition) is 1. The Morgan fingerprint density at radius 2 is 1.89 bits per heavy atom. The molecule has 2 aromatic heterocycles. The second kappa shape index (κ2) is 12.0. The van der Waals surface area contributed by atoms with Gasteiger partial charge in [-0.2, -0.15) is 4.99 Å². The molecular formula is C24H21ClN4O6S3. The number of fused-ring (bicyclic) bond motifs is 1. The number of nitrogens with zero attached hydrogens (tertiary/aromatic N) is 3. The Kier molecular flexibility index (Phi) is 8.72. The molecule has 0 aliphatic heterocycles. The third-order valence-electron chi connectivity index (χ3n) is 4.97. The summed E-state index contributed by atoms with van der Waals surface area (Å²) >= 11 is 8.28. The summed E-state index contributed by atoms with van der Waals surface area (Å²) in [6, 6.07) is 14.2. The van der Waals surface area contributed by atoms with Crippen LogP contribution in [-0.4, -0.2) is 53.9 Å². The molecule has 38 heavy (non-hydrogen) atoms. The molecular weight excluding hydrogens is 572 g/mol. The number of aromatic nitrogens is 2. The molecule has 2 aromatic carbocycles. The molecule has 0 radical (unpaired) electrons. The fourth-order valence-corrected chi connectivity index (χ4v) is 6.50. The molecule has 0 saturated carbocycles. The molecule has 2 amide bonds. The Hall–Kier alpha value is -3.39. The van der Waals surface area contributed by atoms with Crippen molar-refractivity contribution in [1.82, 2.24) is 9.55 Å². The molecule has 0 aliphatic carbocycles. The van der Waals surface area contributed by atoms with Gasteiger partial charge in [0.25, 0.3) is 5.91 Å². The van der Waals surface area contributed by atoms with Gasteiger partial charge in [-0.05, 0) is 25.1 Å². The van der Waals surface area contributed by atoms with Crippen molar-refractivity contribution < 1.29 is 27.5 Å². The minimum atomic E-state index is -4.14. The van der Waals surface area contributed by atoms with Crippen LogP contribution in [0.1, 0.15) is 6.92 Å². The van der Waals surface area contributed by atoms with Crippen LogP contribution in [0.5, 0.6) is 0 Å². The van der Waals surface area contributed by atoms with Crippen molar-refractivity contribution in [1.29, 1.82) is 0 Å². The fourth-order valence-electron chi connectivity index (χ4n) is 3.43. The van der Waals surface area contributed by atoms with Crippen LogP contribution in [0.2, 0.25) is 5.02 Å². The third-order valence-corrected chi connectivity index (χ3v) is 8.39. The van der Waals surface area contributed by atoms with E-state index in [2.05, 4.69) is 15.3 Å². The molecule has 0 saturated heterocycles. The maximum Gasteiger partial charge on any atom is 0.326 e. The summed E-state index contributed by atoms with van der Waals surface area (Å²) in [6.07, 6.45) is 0. The van der Waals surface area contributed by atoms with Crippen LogP contribution in [-0.2, 0) is 35.5 Å². The van der Waals surface area contributed by atoms with Crippen molar-refractivity contribution in [3.8, 4) is 11.3 Å². The standard InChI is InChI=1S/C24H21ClN4O6S3/c1-2-35-22(32)11-29-18-9-8-16(25)10-19(18)37-24(29)28-21(31)14-38(33,34)13-20(30)27-23-26-17(12-36-23)15-6-4-3-5-7-15/h3-10,12H,2,11,13-14H2,1H3,(H,26,27,30). The van der Waals surface area contributed by atoms with Gasteiger partial charge in [0, 0.05) is 16.0 Å². The number of esters is 1. The smallest absolute Gasteiger partial charge is 0.326 e. The molecule has 0 spiro atoms. The summed E-state index contributed by atoms with van der Waals surface area (Å²) in [5.41, 5.74) is 2.08. The highest BCUT2D eigenvalue weighted by Gasteiger charge is 2.22. The highest BCUT2D eigenvalue weighted by Crippen LogP contribution is 2.25. The first-order valence-corrected chi connectivity index (χ1v) is 15.1. The Bertz CT molecular complexity index is 1680. The number of anilines is 1. The van der Waals surface area contributed by atoms with E-state index in [1.165, 1.54) is 4.57 Å². The summed E-state index contributed by atoms with van der Waals surface area (Å²) in [4.78, 5) is 45.4. The van der Waals surface area contributed by atoms with E-state index in [4.69, 9.17) is 16.3 Å². The SMILES string of the molecule is CCOC(=O)Cn1c(=NC(=O)CS(=O)(=O)CC(=O)Nc2nc(-c3ccccc3)cs2)sc2cc(Cl)ccc21. The Morgan fingerprint density at radius 1 is 1.13 bits per heavy atom. The summed E-state index contributed by atoms with van der Waals surface area (Å²) in [5, 5.41) is 4.89. The van der Waals surface area contributed by atoms with E-state index in [0.717, 1.165) is 28.2 Å². The van der Waals surface area contributed by atoms with Crippen LogP contribution in [0, 0.1) is 0 Å². The van der Waals surface area contributed by atoms with Gasteiger partial charge in [0.15, 0.2) is 19.8 Å². The lowest BCUT2D eigenvalue weighted by molar-refractivity contribution is -0.143. The zero-order valence-electron chi connectivity index (χ0n) is 19.9. The number of ether oxygens (including phenoxy) is 1. The fraction of sp³-hybridized carbons (Fsp3) is 0.208. The van der Waals surface area contributed by atoms with E-state index in [-0.39, 0.29) is 23.1 Å². The quantitative estimate of drug-likeness (QED) is 0.294. The lowest BCUT2D eigenvalue weighted by atomic mass is 10.2. The predicted octanol–water partition coefficient (Wildman–Crippen LogP) is 3.52. The second-order valence-corrected chi connectivity index (χ2v) is 12.2. The van der Waals surface area contributed by atoms with Crippen LogP contribution in [0.25, 0.3) is 21.5 Å². The number of carbonyl (C=O) groups excluding carboxylic acids is 3. The van der Waals surface area contributed by atoms with Crippen LogP contribution >= 0.6 is 34.3 Å². The zero-order valence-corrected chi connectivity index (χ0v) is 23.1. The number of benzene rings is 2. The van der Waals surface area contributed by atoms with Crippen molar-refractivity contribution in [3.63, 3.8) is 0 Å². The number of halogens is 1. The molecule has 0 aliphatic rings. The van der Waals surface area contributed by atoms with Gasteiger partial charge < -0.3 is 14.6 Å². The Morgan fingerprint density at radius 3 is 2.63 bits per heavy atom. The number of rotatable bonds is 9. The highest BCUT2D eigenvalue weighted by atomic mass is 35.5. The largest absolute Gasteiger partial charge is 0.465 e. The molecule has 4 aromatic rings. The van der Waals surface area contributed by atoms with Gasteiger partial charge >= 0.3 is 5.97 Å². The zero-order chi connectivity index (χ0) is 27.3. The first-order valence-electron chi connectivity index (χ1n) is 11.2. The number of sulfone groups is 1. The highest BCUT2D eigenvalue weighted by molar-refractivity contribution is 7.92. The van der Waals surface area contributed by atoms with Gasteiger partial charge in [-0.25, -0.2) is 13.4 Å². The summed E-state index contributed by atoms with van der Waals surface area (Å²) in [7, 11) is -4.14. The van der Waals surface area contributed by atoms with Crippen molar-refractivity contribution in [2.24, 2.45) is 4.99 Å². The summed E-state index contributed by atoms with van der Waals surface area (Å²) < 4.78 is 32.2. The van der Waals surface area contributed by atoms with E-state index >= 15 is 0 Å². The van der Waals surface area contributed by atoms with E-state index in [9.17, 15) is 22.8 Å². The first kappa shape index (κ1) is 27.6. The lowest BCUT2D eigenvalue weighted by Gasteiger charge is -2.05. The molecule has 0 bridgehead atoms. The number of hydrogen-bond acceptors (Lipinski definition) is 9. The molecule has 10 nitrogen and oxygen atoms in total. The number of carbonyl (C=O) groups is 3. The minimum absolute atomic E-state index is 0.108. The topological polar surface area (TPSA) is 137 Å².